The van der Waals surface area contributed by atoms with Crippen LogP contribution in [-0.2, 0) is 4.74 Å². The molecule has 0 saturated carbocycles. The Bertz CT molecular complexity index is 318. The van der Waals surface area contributed by atoms with Crippen LogP contribution < -0.4 is 15.2 Å². The molecule has 0 aliphatic rings. The van der Waals surface area contributed by atoms with Gasteiger partial charge < -0.3 is 19.9 Å². The molecule has 0 amide bonds. The highest BCUT2D eigenvalue weighted by molar-refractivity contribution is 5.39. The molecule has 0 aromatic heterocycles. The Hall–Kier alpha value is -1.26. The van der Waals surface area contributed by atoms with Crippen molar-refractivity contribution in [2.24, 2.45) is 5.73 Å². The number of hydrogen-bond donors (Lipinski definition) is 1. The third-order valence-electron chi connectivity index (χ3n) is 2.33. The summed E-state index contributed by atoms with van der Waals surface area (Å²) >= 11 is 0. The first-order valence-electron chi connectivity index (χ1n) is 6.51. The quantitative estimate of drug-likeness (QED) is 0.650. The van der Waals surface area contributed by atoms with E-state index < -0.39 is 0 Å². The second-order valence-electron chi connectivity index (χ2n) is 3.84. The van der Waals surface area contributed by atoms with Crippen LogP contribution in [0.25, 0.3) is 0 Å². The molecular weight excluding hydrogens is 230 g/mol. The van der Waals surface area contributed by atoms with Gasteiger partial charge in [-0.05, 0) is 32.0 Å². The maximum Gasteiger partial charge on any atom is 0.161 e. The van der Waals surface area contributed by atoms with Crippen LogP contribution in [0.4, 0.5) is 0 Å². The summed E-state index contributed by atoms with van der Waals surface area (Å²) in [4.78, 5) is 0. The molecule has 0 spiro atoms. The Morgan fingerprint density at radius 1 is 0.944 bits per heavy atom. The summed E-state index contributed by atoms with van der Waals surface area (Å²) in [6.07, 6.45) is 1.78. The summed E-state index contributed by atoms with van der Waals surface area (Å²) in [6.45, 7) is 5.35. The zero-order valence-electron chi connectivity index (χ0n) is 11.1. The molecular formula is C14H23NO3. The van der Waals surface area contributed by atoms with Crippen LogP contribution in [0.5, 0.6) is 11.5 Å². The largest absolute Gasteiger partial charge is 0.490 e. The van der Waals surface area contributed by atoms with Crippen molar-refractivity contribution in [2.45, 2.75) is 19.8 Å². The lowest BCUT2D eigenvalue weighted by molar-refractivity contribution is 0.118. The molecule has 0 bridgehead atoms. The Morgan fingerprint density at radius 2 is 1.61 bits per heavy atom. The molecule has 4 nitrogen and oxygen atoms in total. The average molecular weight is 253 g/mol. The molecule has 0 saturated heterocycles. The van der Waals surface area contributed by atoms with Crippen molar-refractivity contribution < 1.29 is 14.2 Å². The maximum absolute atomic E-state index is 5.67. The average Bonchev–Trinajstić information content (AvgIpc) is 2.40. The molecule has 1 aromatic carbocycles. The van der Waals surface area contributed by atoms with Crippen LogP contribution in [0.1, 0.15) is 19.8 Å². The minimum Gasteiger partial charge on any atom is -0.490 e. The van der Waals surface area contributed by atoms with E-state index in [1.807, 2.05) is 31.2 Å². The minimum absolute atomic E-state index is 0.632. The third kappa shape index (κ3) is 5.89. The number of ether oxygens (including phenoxy) is 3. The van der Waals surface area contributed by atoms with Gasteiger partial charge in [-0.1, -0.05) is 12.1 Å². The Morgan fingerprint density at radius 3 is 2.28 bits per heavy atom. The number of hydrogen-bond acceptors (Lipinski definition) is 4. The number of para-hydroxylation sites is 2. The predicted molar refractivity (Wildman–Crippen MR) is 72.2 cm³/mol. The second kappa shape index (κ2) is 9.74. The molecule has 2 N–H and O–H groups in total. The van der Waals surface area contributed by atoms with Gasteiger partial charge in [0.15, 0.2) is 11.5 Å². The summed E-state index contributed by atoms with van der Waals surface area (Å²) in [5.74, 6) is 1.59. The Labute approximate surface area is 109 Å². The van der Waals surface area contributed by atoms with Crippen LogP contribution in [0.15, 0.2) is 24.3 Å². The highest BCUT2D eigenvalue weighted by atomic mass is 16.5. The van der Waals surface area contributed by atoms with E-state index >= 15 is 0 Å². The van der Waals surface area contributed by atoms with Gasteiger partial charge in [-0.3, -0.25) is 0 Å². The monoisotopic (exact) mass is 253 g/mol. The predicted octanol–water partition coefficient (Wildman–Crippen LogP) is 2.22. The summed E-state index contributed by atoms with van der Waals surface area (Å²) in [5, 5.41) is 0. The first kappa shape index (κ1) is 14.8. The lowest BCUT2D eigenvalue weighted by Gasteiger charge is -2.11. The first-order valence-corrected chi connectivity index (χ1v) is 6.51. The summed E-state index contributed by atoms with van der Waals surface area (Å²) < 4.78 is 16.5. The molecule has 0 unspecified atom stereocenters. The number of rotatable bonds is 10. The molecule has 4 heteroatoms. The van der Waals surface area contributed by atoms with Gasteiger partial charge in [0.2, 0.25) is 0 Å². The fourth-order valence-electron chi connectivity index (χ4n) is 1.47. The van der Waals surface area contributed by atoms with Crippen LogP contribution in [0, 0.1) is 0 Å². The van der Waals surface area contributed by atoms with Gasteiger partial charge in [0.25, 0.3) is 0 Å². The van der Waals surface area contributed by atoms with Crippen molar-refractivity contribution in [1.29, 1.82) is 0 Å². The van der Waals surface area contributed by atoms with E-state index in [2.05, 4.69) is 0 Å². The number of benzene rings is 1. The van der Waals surface area contributed by atoms with Crippen LogP contribution in [0.2, 0.25) is 0 Å². The fourth-order valence-corrected chi connectivity index (χ4v) is 1.47. The SMILES string of the molecule is CCOc1ccccc1OCCCOCCCN. The van der Waals surface area contributed by atoms with E-state index in [0.717, 1.165) is 30.9 Å². The van der Waals surface area contributed by atoms with Gasteiger partial charge in [-0.25, -0.2) is 0 Å². The van der Waals surface area contributed by atoms with Gasteiger partial charge in [-0.2, -0.15) is 0 Å². The smallest absolute Gasteiger partial charge is 0.161 e. The van der Waals surface area contributed by atoms with Gasteiger partial charge in [-0.15, -0.1) is 0 Å². The molecule has 0 aliphatic carbocycles. The molecule has 1 rings (SSSR count). The Balaban J connectivity index is 2.18. The standard InChI is InChI=1S/C14H23NO3/c1-2-17-13-7-3-4-8-14(13)18-12-6-11-16-10-5-9-15/h3-4,7-8H,2,5-6,9-12,15H2,1H3. The normalized spacial score (nSPS) is 10.3. The maximum atomic E-state index is 5.67. The van der Waals surface area contributed by atoms with Crippen molar-refractivity contribution in [3.8, 4) is 11.5 Å². The summed E-state index contributed by atoms with van der Waals surface area (Å²) in [7, 11) is 0. The van der Waals surface area contributed by atoms with Gasteiger partial charge in [0.05, 0.1) is 13.2 Å². The zero-order valence-corrected chi connectivity index (χ0v) is 11.1. The van der Waals surface area contributed by atoms with Crippen molar-refractivity contribution in [2.75, 3.05) is 33.0 Å². The molecule has 0 atom stereocenters. The van der Waals surface area contributed by atoms with E-state index in [9.17, 15) is 0 Å². The van der Waals surface area contributed by atoms with E-state index in [1.54, 1.807) is 0 Å². The molecule has 18 heavy (non-hydrogen) atoms. The van der Waals surface area contributed by atoms with Gasteiger partial charge >= 0.3 is 0 Å². The topological polar surface area (TPSA) is 53.7 Å². The van der Waals surface area contributed by atoms with Crippen LogP contribution in [-0.4, -0.2) is 33.0 Å². The molecule has 0 heterocycles. The lowest BCUT2D eigenvalue weighted by Crippen LogP contribution is -2.07. The van der Waals surface area contributed by atoms with Crippen LogP contribution in [0.3, 0.4) is 0 Å². The van der Waals surface area contributed by atoms with E-state index in [-0.39, 0.29) is 0 Å². The van der Waals surface area contributed by atoms with Crippen molar-refractivity contribution in [3.63, 3.8) is 0 Å². The van der Waals surface area contributed by atoms with E-state index in [4.69, 9.17) is 19.9 Å². The van der Waals surface area contributed by atoms with Gasteiger partial charge in [0, 0.05) is 19.6 Å². The summed E-state index contributed by atoms with van der Waals surface area (Å²) in [6, 6.07) is 7.71. The summed E-state index contributed by atoms with van der Waals surface area (Å²) in [5.41, 5.74) is 5.37. The van der Waals surface area contributed by atoms with Gasteiger partial charge in [0.1, 0.15) is 0 Å². The zero-order chi connectivity index (χ0) is 13.1. The molecule has 0 aliphatic heterocycles. The highest BCUT2D eigenvalue weighted by Gasteiger charge is 2.02. The Kier molecular flexibility index (Phi) is 8.01. The van der Waals surface area contributed by atoms with Crippen molar-refractivity contribution in [3.05, 3.63) is 24.3 Å². The molecule has 0 radical (unpaired) electrons. The van der Waals surface area contributed by atoms with Crippen LogP contribution >= 0.6 is 0 Å². The molecule has 0 fully saturated rings. The third-order valence-corrected chi connectivity index (χ3v) is 2.33. The van der Waals surface area contributed by atoms with E-state index in [1.165, 1.54) is 0 Å². The first-order chi connectivity index (χ1) is 8.88. The van der Waals surface area contributed by atoms with Crippen molar-refractivity contribution >= 4 is 0 Å². The second-order valence-corrected chi connectivity index (χ2v) is 3.84. The fraction of sp³-hybridized carbons (Fsp3) is 0.571. The van der Waals surface area contributed by atoms with E-state index in [0.29, 0.717) is 26.4 Å². The van der Waals surface area contributed by atoms with Crippen molar-refractivity contribution in [1.82, 2.24) is 0 Å². The lowest BCUT2D eigenvalue weighted by atomic mass is 10.3. The number of nitrogens with two attached hydrogens (primary N) is 1. The molecule has 1 aromatic rings. The minimum atomic E-state index is 0.632. The molecule has 102 valence electrons. The highest BCUT2D eigenvalue weighted by Crippen LogP contribution is 2.26.